The largest absolute Gasteiger partial charge is 0.380 e. The van der Waals surface area contributed by atoms with Crippen molar-refractivity contribution in [2.24, 2.45) is 5.92 Å². The van der Waals surface area contributed by atoms with Gasteiger partial charge in [-0.2, -0.15) is 0 Å². The molecule has 1 saturated heterocycles. The topological polar surface area (TPSA) is 41.6 Å². The monoisotopic (exact) mass is 240 g/mol. The molecule has 2 rings (SSSR count). The van der Waals surface area contributed by atoms with Crippen LogP contribution in [-0.4, -0.2) is 42.3 Å². The highest BCUT2D eigenvalue weighted by Gasteiger charge is 2.58. The Balaban J connectivity index is 2.05. The van der Waals surface area contributed by atoms with Crippen LogP contribution < -0.4 is 5.32 Å². The van der Waals surface area contributed by atoms with Crippen LogP contribution in [0.25, 0.3) is 0 Å². The summed E-state index contributed by atoms with van der Waals surface area (Å²) in [6, 6.07) is 0. The maximum Gasteiger partial charge on any atom is 0.244 e. The fraction of sp³-hybridized carbons (Fsp3) is 0.923. The van der Waals surface area contributed by atoms with Crippen LogP contribution in [0.3, 0.4) is 0 Å². The highest BCUT2D eigenvalue weighted by Crippen LogP contribution is 2.43. The number of methoxy groups -OCH3 is 1. The van der Waals surface area contributed by atoms with Gasteiger partial charge in [0.1, 0.15) is 0 Å². The summed E-state index contributed by atoms with van der Waals surface area (Å²) in [5.41, 5.74) is -0.201. The molecule has 2 fully saturated rings. The molecule has 0 aromatic carbocycles. The molecule has 1 aliphatic heterocycles. The third-order valence-corrected chi connectivity index (χ3v) is 3.79. The lowest BCUT2D eigenvalue weighted by atomic mass is 10.1. The standard InChI is InChI=1S/C13H24N2O2/c1-9(2)7-11-14-13(5-6-13)12(16)15(11)8-10(3)17-4/h9-11,14H,5-8H2,1-4H3. The second kappa shape index (κ2) is 4.58. The molecule has 0 aromatic rings. The van der Waals surface area contributed by atoms with Crippen molar-refractivity contribution >= 4 is 5.91 Å². The number of hydrogen-bond donors (Lipinski definition) is 1. The molecule has 4 nitrogen and oxygen atoms in total. The zero-order chi connectivity index (χ0) is 12.6. The molecular formula is C13H24N2O2. The Hall–Kier alpha value is -0.610. The molecule has 1 amide bonds. The first-order chi connectivity index (χ1) is 7.98. The van der Waals surface area contributed by atoms with Crippen molar-refractivity contribution in [3.05, 3.63) is 0 Å². The molecule has 0 radical (unpaired) electrons. The van der Waals surface area contributed by atoms with E-state index in [2.05, 4.69) is 19.2 Å². The van der Waals surface area contributed by atoms with E-state index in [1.54, 1.807) is 7.11 Å². The molecule has 1 saturated carbocycles. The Morgan fingerprint density at radius 3 is 2.59 bits per heavy atom. The number of nitrogens with one attached hydrogen (secondary N) is 1. The van der Waals surface area contributed by atoms with Gasteiger partial charge in [-0.25, -0.2) is 0 Å². The minimum absolute atomic E-state index is 0.101. The van der Waals surface area contributed by atoms with Crippen molar-refractivity contribution in [3.8, 4) is 0 Å². The van der Waals surface area contributed by atoms with Crippen LogP contribution in [0.15, 0.2) is 0 Å². The van der Waals surface area contributed by atoms with Crippen LogP contribution in [0.1, 0.15) is 40.0 Å². The molecule has 4 heteroatoms. The van der Waals surface area contributed by atoms with E-state index in [9.17, 15) is 4.79 Å². The summed E-state index contributed by atoms with van der Waals surface area (Å²) >= 11 is 0. The predicted molar refractivity (Wildman–Crippen MR) is 66.5 cm³/mol. The molecule has 17 heavy (non-hydrogen) atoms. The molecule has 2 aliphatic rings. The van der Waals surface area contributed by atoms with E-state index in [1.165, 1.54) is 0 Å². The lowest BCUT2D eigenvalue weighted by Gasteiger charge is -2.27. The van der Waals surface area contributed by atoms with Crippen molar-refractivity contribution in [2.75, 3.05) is 13.7 Å². The Labute approximate surface area is 104 Å². The van der Waals surface area contributed by atoms with Gasteiger partial charge >= 0.3 is 0 Å². The fourth-order valence-corrected chi connectivity index (χ4v) is 2.55. The van der Waals surface area contributed by atoms with Crippen LogP contribution in [0.2, 0.25) is 0 Å². The molecule has 0 aromatic heterocycles. The van der Waals surface area contributed by atoms with E-state index in [-0.39, 0.29) is 23.7 Å². The zero-order valence-electron chi connectivity index (χ0n) is 11.3. The van der Waals surface area contributed by atoms with Crippen LogP contribution in [0.4, 0.5) is 0 Å². The summed E-state index contributed by atoms with van der Waals surface area (Å²) in [6.07, 6.45) is 3.31. The lowest BCUT2D eigenvalue weighted by molar-refractivity contribution is -0.132. The summed E-state index contributed by atoms with van der Waals surface area (Å²) in [6.45, 7) is 7.10. The van der Waals surface area contributed by atoms with Crippen molar-refractivity contribution in [1.29, 1.82) is 0 Å². The summed E-state index contributed by atoms with van der Waals surface area (Å²) in [5, 5.41) is 3.52. The van der Waals surface area contributed by atoms with Gasteiger partial charge in [-0.15, -0.1) is 0 Å². The molecule has 1 heterocycles. The van der Waals surface area contributed by atoms with Crippen LogP contribution in [0, 0.1) is 5.92 Å². The number of rotatable bonds is 5. The maximum absolute atomic E-state index is 12.3. The summed E-state index contributed by atoms with van der Waals surface area (Å²) in [4.78, 5) is 14.3. The summed E-state index contributed by atoms with van der Waals surface area (Å²) < 4.78 is 5.28. The minimum atomic E-state index is -0.201. The third kappa shape index (κ3) is 2.47. The Kier molecular flexibility index (Phi) is 3.46. The zero-order valence-corrected chi connectivity index (χ0v) is 11.3. The molecule has 0 bridgehead atoms. The average Bonchev–Trinajstić information content (AvgIpc) is 2.99. The van der Waals surface area contributed by atoms with E-state index in [0.29, 0.717) is 12.5 Å². The van der Waals surface area contributed by atoms with Crippen LogP contribution in [0.5, 0.6) is 0 Å². The number of carbonyl (C=O) groups is 1. The van der Waals surface area contributed by atoms with Gasteiger partial charge in [0.2, 0.25) is 5.91 Å². The molecule has 1 N–H and O–H groups in total. The van der Waals surface area contributed by atoms with Crippen molar-refractivity contribution in [2.45, 2.75) is 57.8 Å². The highest BCUT2D eigenvalue weighted by atomic mass is 16.5. The summed E-state index contributed by atoms with van der Waals surface area (Å²) in [7, 11) is 1.70. The third-order valence-electron chi connectivity index (χ3n) is 3.79. The summed E-state index contributed by atoms with van der Waals surface area (Å²) in [5.74, 6) is 0.876. The predicted octanol–water partition coefficient (Wildman–Crippen LogP) is 1.36. The molecule has 1 aliphatic carbocycles. The van der Waals surface area contributed by atoms with E-state index in [1.807, 2.05) is 11.8 Å². The number of hydrogen-bond acceptors (Lipinski definition) is 3. The quantitative estimate of drug-likeness (QED) is 0.789. The van der Waals surface area contributed by atoms with E-state index in [0.717, 1.165) is 19.3 Å². The lowest BCUT2D eigenvalue weighted by Crippen LogP contribution is -2.42. The van der Waals surface area contributed by atoms with Gasteiger partial charge in [0, 0.05) is 13.7 Å². The maximum atomic E-state index is 12.3. The molecule has 2 atom stereocenters. The Bertz CT molecular complexity index is 300. The average molecular weight is 240 g/mol. The Morgan fingerprint density at radius 1 is 1.47 bits per heavy atom. The Morgan fingerprint density at radius 2 is 2.12 bits per heavy atom. The van der Waals surface area contributed by atoms with Gasteiger partial charge in [-0.3, -0.25) is 10.1 Å². The first-order valence-electron chi connectivity index (χ1n) is 6.60. The first-order valence-corrected chi connectivity index (χ1v) is 6.60. The highest BCUT2D eigenvalue weighted by molar-refractivity contribution is 5.91. The van der Waals surface area contributed by atoms with Crippen molar-refractivity contribution < 1.29 is 9.53 Å². The van der Waals surface area contributed by atoms with E-state index < -0.39 is 0 Å². The van der Waals surface area contributed by atoms with Crippen molar-refractivity contribution in [3.63, 3.8) is 0 Å². The van der Waals surface area contributed by atoms with Gasteiger partial charge in [-0.1, -0.05) is 13.8 Å². The minimum Gasteiger partial charge on any atom is -0.380 e. The van der Waals surface area contributed by atoms with Crippen molar-refractivity contribution in [1.82, 2.24) is 10.2 Å². The van der Waals surface area contributed by atoms with Gasteiger partial charge in [0.25, 0.3) is 0 Å². The van der Waals surface area contributed by atoms with E-state index in [4.69, 9.17) is 4.74 Å². The van der Waals surface area contributed by atoms with Gasteiger partial charge < -0.3 is 9.64 Å². The molecule has 2 unspecified atom stereocenters. The van der Waals surface area contributed by atoms with Gasteiger partial charge in [0.05, 0.1) is 17.8 Å². The number of amides is 1. The number of carbonyl (C=O) groups excluding carboxylic acids is 1. The molecule has 1 spiro atoms. The van der Waals surface area contributed by atoms with Crippen LogP contribution in [-0.2, 0) is 9.53 Å². The van der Waals surface area contributed by atoms with E-state index >= 15 is 0 Å². The molecular weight excluding hydrogens is 216 g/mol. The van der Waals surface area contributed by atoms with Gasteiger partial charge in [0.15, 0.2) is 0 Å². The fourth-order valence-electron chi connectivity index (χ4n) is 2.55. The first kappa shape index (κ1) is 12.8. The smallest absolute Gasteiger partial charge is 0.244 e. The molecule has 98 valence electrons. The number of ether oxygens (including phenoxy) is 1. The number of nitrogens with zero attached hydrogens (tertiary/aromatic N) is 1. The SMILES string of the molecule is COC(C)CN1C(=O)C2(CC2)NC1CC(C)C. The normalized spacial score (nSPS) is 28.2. The second-order valence-corrected chi connectivity index (χ2v) is 5.88. The van der Waals surface area contributed by atoms with Crippen LogP contribution >= 0.6 is 0 Å². The second-order valence-electron chi connectivity index (χ2n) is 5.88. The van der Waals surface area contributed by atoms with Gasteiger partial charge in [-0.05, 0) is 32.1 Å².